The standard InChI is InChI=1S/C19H17FN4O/c1-3-17(25)24(2)19-22-12-16(13-7-9-21-10-8-13)18(23-19)14-5-4-6-15(20)11-14/h4-12H,3H2,1-2H3. The molecule has 0 saturated heterocycles. The number of aromatic nitrogens is 3. The molecular weight excluding hydrogens is 319 g/mol. The molecule has 0 spiro atoms. The molecule has 3 aromatic rings. The monoisotopic (exact) mass is 336 g/mol. The van der Waals surface area contributed by atoms with Gasteiger partial charge in [-0.1, -0.05) is 19.1 Å². The number of benzene rings is 1. The van der Waals surface area contributed by atoms with E-state index < -0.39 is 0 Å². The summed E-state index contributed by atoms with van der Waals surface area (Å²) < 4.78 is 13.7. The Morgan fingerprint density at radius 2 is 1.92 bits per heavy atom. The summed E-state index contributed by atoms with van der Waals surface area (Å²) in [6, 6.07) is 9.87. The zero-order valence-electron chi connectivity index (χ0n) is 14.0. The molecule has 0 aliphatic carbocycles. The highest BCUT2D eigenvalue weighted by Gasteiger charge is 2.17. The van der Waals surface area contributed by atoms with E-state index in [4.69, 9.17) is 0 Å². The molecule has 2 heterocycles. The smallest absolute Gasteiger partial charge is 0.232 e. The molecule has 25 heavy (non-hydrogen) atoms. The summed E-state index contributed by atoms with van der Waals surface area (Å²) in [6.07, 6.45) is 5.34. The first-order chi connectivity index (χ1) is 12.1. The molecule has 0 bridgehead atoms. The Morgan fingerprint density at radius 1 is 1.16 bits per heavy atom. The highest BCUT2D eigenvalue weighted by Crippen LogP contribution is 2.31. The lowest BCUT2D eigenvalue weighted by molar-refractivity contribution is -0.118. The third-order valence-corrected chi connectivity index (χ3v) is 3.84. The van der Waals surface area contributed by atoms with Crippen LogP contribution in [0.4, 0.5) is 10.3 Å². The van der Waals surface area contributed by atoms with Crippen LogP contribution in [0.3, 0.4) is 0 Å². The van der Waals surface area contributed by atoms with Crippen molar-refractivity contribution in [2.45, 2.75) is 13.3 Å². The molecule has 0 aliphatic rings. The highest BCUT2D eigenvalue weighted by molar-refractivity contribution is 5.91. The van der Waals surface area contributed by atoms with Gasteiger partial charge < -0.3 is 0 Å². The van der Waals surface area contributed by atoms with Crippen LogP contribution in [0.5, 0.6) is 0 Å². The molecular formula is C19H17FN4O. The molecule has 0 aliphatic heterocycles. The second-order valence-corrected chi connectivity index (χ2v) is 5.48. The van der Waals surface area contributed by atoms with Gasteiger partial charge in [0.05, 0.1) is 5.69 Å². The predicted molar refractivity (Wildman–Crippen MR) is 94.4 cm³/mol. The van der Waals surface area contributed by atoms with Crippen molar-refractivity contribution in [1.82, 2.24) is 15.0 Å². The van der Waals surface area contributed by atoms with E-state index >= 15 is 0 Å². The number of anilines is 1. The van der Waals surface area contributed by atoms with Crippen LogP contribution in [0.2, 0.25) is 0 Å². The number of halogens is 1. The first-order valence-electron chi connectivity index (χ1n) is 7.90. The van der Waals surface area contributed by atoms with Gasteiger partial charge in [-0.3, -0.25) is 14.7 Å². The Balaban J connectivity index is 2.18. The summed E-state index contributed by atoms with van der Waals surface area (Å²) in [5.74, 6) is -0.165. The lowest BCUT2D eigenvalue weighted by Crippen LogP contribution is -2.27. The van der Waals surface area contributed by atoms with Crippen LogP contribution >= 0.6 is 0 Å². The minimum absolute atomic E-state index is 0.0955. The average Bonchev–Trinajstić information content (AvgIpc) is 2.67. The van der Waals surface area contributed by atoms with Crippen molar-refractivity contribution >= 4 is 11.9 Å². The summed E-state index contributed by atoms with van der Waals surface area (Å²) >= 11 is 0. The van der Waals surface area contributed by atoms with Gasteiger partial charge >= 0.3 is 0 Å². The summed E-state index contributed by atoms with van der Waals surface area (Å²) in [4.78, 5) is 26.2. The SMILES string of the molecule is CCC(=O)N(C)c1ncc(-c2ccncc2)c(-c2cccc(F)c2)n1. The lowest BCUT2D eigenvalue weighted by Gasteiger charge is -2.17. The Labute approximate surface area is 145 Å². The fourth-order valence-electron chi connectivity index (χ4n) is 2.48. The molecule has 1 aromatic carbocycles. The Bertz CT molecular complexity index is 899. The van der Waals surface area contributed by atoms with E-state index in [0.717, 1.165) is 11.1 Å². The van der Waals surface area contributed by atoms with E-state index in [1.54, 1.807) is 44.7 Å². The Hall–Kier alpha value is -3.15. The molecule has 6 heteroatoms. The van der Waals surface area contributed by atoms with Crippen LogP contribution in [0, 0.1) is 5.82 Å². The van der Waals surface area contributed by atoms with E-state index in [2.05, 4.69) is 15.0 Å². The quantitative estimate of drug-likeness (QED) is 0.728. The normalized spacial score (nSPS) is 10.5. The number of pyridine rings is 1. The first-order valence-corrected chi connectivity index (χ1v) is 7.90. The van der Waals surface area contributed by atoms with E-state index in [1.165, 1.54) is 17.0 Å². The van der Waals surface area contributed by atoms with Gasteiger partial charge in [0.2, 0.25) is 11.9 Å². The average molecular weight is 336 g/mol. The van der Waals surface area contributed by atoms with Crippen LogP contribution in [-0.2, 0) is 4.79 Å². The zero-order chi connectivity index (χ0) is 17.8. The van der Waals surface area contributed by atoms with Crippen LogP contribution in [0.15, 0.2) is 55.0 Å². The molecule has 5 nitrogen and oxygen atoms in total. The molecule has 126 valence electrons. The minimum Gasteiger partial charge on any atom is -0.284 e. The van der Waals surface area contributed by atoms with Crippen LogP contribution < -0.4 is 4.90 Å². The van der Waals surface area contributed by atoms with Gasteiger partial charge in [0, 0.05) is 43.2 Å². The second-order valence-electron chi connectivity index (χ2n) is 5.48. The van der Waals surface area contributed by atoms with Gasteiger partial charge in [0.15, 0.2) is 0 Å². The topological polar surface area (TPSA) is 59.0 Å². The molecule has 0 atom stereocenters. The molecule has 1 amide bonds. The summed E-state index contributed by atoms with van der Waals surface area (Å²) in [5, 5.41) is 0. The number of hydrogen-bond donors (Lipinski definition) is 0. The fourth-order valence-corrected chi connectivity index (χ4v) is 2.48. The molecule has 0 radical (unpaired) electrons. The van der Waals surface area contributed by atoms with Crippen molar-refractivity contribution < 1.29 is 9.18 Å². The third kappa shape index (κ3) is 3.52. The van der Waals surface area contributed by atoms with Crippen LogP contribution in [-0.4, -0.2) is 27.9 Å². The summed E-state index contributed by atoms with van der Waals surface area (Å²) in [5.41, 5.74) is 2.79. The third-order valence-electron chi connectivity index (χ3n) is 3.84. The number of hydrogen-bond acceptors (Lipinski definition) is 4. The summed E-state index contributed by atoms with van der Waals surface area (Å²) in [7, 11) is 1.63. The molecule has 0 N–H and O–H groups in total. The van der Waals surface area contributed by atoms with Crippen molar-refractivity contribution in [2.24, 2.45) is 0 Å². The largest absolute Gasteiger partial charge is 0.284 e. The highest BCUT2D eigenvalue weighted by atomic mass is 19.1. The molecule has 0 unspecified atom stereocenters. The molecule has 0 saturated carbocycles. The van der Waals surface area contributed by atoms with Gasteiger partial charge in [0.1, 0.15) is 5.82 Å². The Kier molecular flexibility index (Phi) is 4.79. The minimum atomic E-state index is -0.351. The lowest BCUT2D eigenvalue weighted by atomic mass is 10.0. The zero-order valence-corrected chi connectivity index (χ0v) is 14.0. The van der Waals surface area contributed by atoms with Crippen molar-refractivity contribution in [3.8, 4) is 22.4 Å². The van der Waals surface area contributed by atoms with Gasteiger partial charge in [-0.2, -0.15) is 0 Å². The van der Waals surface area contributed by atoms with Crippen LogP contribution in [0.1, 0.15) is 13.3 Å². The van der Waals surface area contributed by atoms with Crippen LogP contribution in [0.25, 0.3) is 22.4 Å². The number of rotatable bonds is 4. The van der Waals surface area contributed by atoms with E-state index in [1.807, 2.05) is 12.1 Å². The maximum absolute atomic E-state index is 13.7. The first kappa shape index (κ1) is 16.7. The number of carbonyl (C=O) groups is 1. The van der Waals surface area contributed by atoms with E-state index in [-0.39, 0.29) is 17.7 Å². The van der Waals surface area contributed by atoms with E-state index in [9.17, 15) is 9.18 Å². The maximum Gasteiger partial charge on any atom is 0.232 e. The predicted octanol–water partition coefficient (Wildman–Crippen LogP) is 3.72. The van der Waals surface area contributed by atoms with Gasteiger partial charge in [-0.05, 0) is 29.8 Å². The van der Waals surface area contributed by atoms with E-state index in [0.29, 0.717) is 17.7 Å². The van der Waals surface area contributed by atoms with Crippen molar-refractivity contribution in [3.05, 3.63) is 60.8 Å². The second kappa shape index (κ2) is 7.17. The van der Waals surface area contributed by atoms with Crippen molar-refractivity contribution in [2.75, 3.05) is 11.9 Å². The number of amides is 1. The van der Waals surface area contributed by atoms with Gasteiger partial charge in [0.25, 0.3) is 0 Å². The number of carbonyl (C=O) groups excluding carboxylic acids is 1. The molecule has 2 aromatic heterocycles. The summed E-state index contributed by atoms with van der Waals surface area (Å²) in [6.45, 7) is 1.78. The maximum atomic E-state index is 13.7. The van der Waals surface area contributed by atoms with Crippen molar-refractivity contribution in [1.29, 1.82) is 0 Å². The fraction of sp³-hybridized carbons (Fsp3) is 0.158. The van der Waals surface area contributed by atoms with Crippen molar-refractivity contribution in [3.63, 3.8) is 0 Å². The molecule has 0 fully saturated rings. The number of nitrogens with zero attached hydrogens (tertiary/aromatic N) is 4. The van der Waals surface area contributed by atoms with Gasteiger partial charge in [-0.25, -0.2) is 14.4 Å². The van der Waals surface area contributed by atoms with Gasteiger partial charge in [-0.15, -0.1) is 0 Å². The molecule has 3 rings (SSSR count). The Morgan fingerprint density at radius 3 is 2.60 bits per heavy atom.